The minimum Gasteiger partial charge on any atom is -0.359 e. The Morgan fingerprint density at radius 3 is 2.59 bits per heavy atom. The average Bonchev–Trinajstić information content (AvgIpc) is 3.49. The summed E-state index contributed by atoms with van der Waals surface area (Å²) in [5, 5.41) is 0. The maximum atomic E-state index is 12.9. The van der Waals surface area contributed by atoms with Gasteiger partial charge in [0, 0.05) is 25.4 Å². The van der Waals surface area contributed by atoms with Gasteiger partial charge >= 0.3 is 0 Å². The first-order valence-electron chi connectivity index (χ1n) is 11.4. The van der Waals surface area contributed by atoms with Crippen molar-refractivity contribution in [1.82, 2.24) is 4.98 Å². The lowest BCUT2D eigenvalue weighted by atomic mass is 9.77. The Kier molecular flexibility index (Phi) is 9.29. The predicted molar refractivity (Wildman–Crippen MR) is 118 cm³/mol. The average molecular weight is 404 g/mol. The van der Waals surface area contributed by atoms with Crippen molar-refractivity contribution in [2.75, 3.05) is 13.9 Å². The summed E-state index contributed by atoms with van der Waals surface area (Å²) >= 11 is 0. The lowest BCUT2D eigenvalue weighted by Gasteiger charge is -2.37. The summed E-state index contributed by atoms with van der Waals surface area (Å²) in [7, 11) is 1.60. The van der Waals surface area contributed by atoms with E-state index in [1.165, 1.54) is 36.8 Å². The zero-order chi connectivity index (χ0) is 21.4. The van der Waals surface area contributed by atoms with Crippen LogP contribution in [0.25, 0.3) is 0 Å². The molecule has 2 unspecified atom stereocenters. The van der Waals surface area contributed by atoms with Crippen molar-refractivity contribution in [3.05, 3.63) is 29.1 Å². The number of aromatic nitrogens is 1. The number of pyridine rings is 1. The zero-order valence-electron chi connectivity index (χ0n) is 19.4. The minimum atomic E-state index is -0.890. The number of Topliss-reactive ketones (excluding diaryl/α,β-unsaturated/α-hetero) is 1. The van der Waals surface area contributed by atoms with E-state index in [0.29, 0.717) is 12.3 Å². The quantitative estimate of drug-likeness (QED) is 0.375. The highest BCUT2D eigenvalue weighted by atomic mass is 16.7. The molecule has 4 nitrogen and oxygen atoms in total. The van der Waals surface area contributed by atoms with E-state index in [9.17, 15) is 4.79 Å². The van der Waals surface area contributed by atoms with Crippen LogP contribution in [0.4, 0.5) is 0 Å². The van der Waals surface area contributed by atoms with E-state index in [1.54, 1.807) is 14.0 Å². The van der Waals surface area contributed by atoms with Crippen LogP contribution in [0, 0.1) is 24.7 Å². The third kappa shape index (κ3) is 7.18. The summed E-state index contributed by atoms with van der Waals surface area (Å²) in [4.78, 5) is 17.5. The molecule has 2 atom stereocenters. The maximum Gasteiger partial charge on any atom is 0.162 e. The summed E-state index contributed by atoms with van der Waals surface area (Å²) in [5.74, 6) is 1.72. The van der Waals surface area contributed by atoms with Gasteiger partial charge in [-0.25, -0.2) is 0 Å². The molecule has 0 N–H and O–H groups in total. The molecule has 1 aromatic heterocycles. The highest BCUT2D eigenvalue weighted by molar-refractivity contribution is 5.85. The molecule has 0 radical (unpaired) electrons. The fourth-order valence-electron chi connectivity index (χ4n) is 4.16. The van der Waals surface area contributed by atoms with Crippen LogP contribution in [-0.4, -0.2) is 30.3 Å². The molecule has 1 saturated carbocycles. The van der Waals surface area contributed by atoms with Crippen LogP contribution in [-0.2, 0) is 27.1 Å². The van der Waals surface area contributed by atoms with Crippen molar-refractivity contribution in [3.8, 4) is 0 Å². The van der Waals surface area contributed by atoms with Gasteiger partial charge in [-0.05, 0) is 68.1 Å². The van der Waals surface area contributed by atoms with Crippen LogP contribution in [0.15, 0.2) is 12.3 Å². The smallest absolute Gasteiger partial charge is 0.162 e. The molecule has 2 rings (SSSR count). The van der Waals surface area contributed by atoms with Gasteiger partial charge in [-0.2, -0.15) is 0 Å². The molecule has 29 heavy (non-hydrogen) atoms. The molecular weight excluding hydrogens is 362 g/mol. The summed E-state index contributed by atoms with van der Waals surface area (Å²) < 4.78 is 11.3. The van der Waals surface area contributed by atoms with Gasteiger partial charge in [-0.1, -0.05) is 46.5 Å². The second kappa shape index (κ2) is 11.2. The summed E-state index contributed by atoms with van der Waals surface area (Å²) in [6.07, 6.45) is 11.0. The summed E-state index contributed by atoms with van der Waals surface area (Å²) in [5.41, 5.74) is 2.65. The molecular formula is C25H41NO3. The number of ether oxygens (including phenoxy) is 2. The zero-order valence-corrected chi connectivity index (χ0v) is 19.4. The predicted octanol–water partition coefficient (Wildman–Crippen LogP) is 5.69. The van der Waals surface area contributed by atoms with Crippen LogP contribution < -0.4 is 0 Å². The second-order valence-electron chi connectivity index (χ2n) is 9.48. The van der Waals surface area contributed by atoms with E-state index in [2.05, 4.69) is 38.7 Å². The van der Waals surface area contributed by atoms with Gasteiger partial charge < -0.3 is 9.47 Å². The number of methoxy groups -OCH3 is 1. The molecule has 0 spiro atoms. The second-order valence-corrected chi connectivity index (χ2v) is 9.48. The minimum absolute atomic E-state index is 0.0588. The van der Waals surface area contributed by atoms with Gasteiger partial charge in [0.2, 0.25) is 0 Å². The van der Waals surface area contributed by atoms with E-state index < -0.39 is 5.60 Å². The number of carbonyl (C=O) groups is 1. The van der Waals surface area contributed by atoms with Crippen molar-refractivity contribution < 1.29 is 14.3 Å². The van der Waals surface area contributed by atoms with Crippen LogP contribution in [0.2, 0.25) is 0 Å². The first kappa shape index (κ1) is 24.0. The number of rotatable bonds is 14. The van der Waals surface area contributed by atoms with Crippen molar-refractivity contribution in [2.24, 2.45) is 17.8 Å². The number of aryl methyl sites for hydroxylation is 2. The first-order valence-corrected chi connectivity index (χ1v) is 11.4. The fraction of sp³-hybridized carbons (Fsp3) is 0.760. The summed E-state index contributed by atoms with van der Waals surface area (Å²) in [6.45, 7) is 10.5. The first-order chi connectivity index (χ1) is 13.8. The highest BCUT2D eigenvalue weighted by Gasteiger charge is 2.42. The largest absolute Gasteiger partial charge is 0.359 e. The lowest BCUT2D eigenvalue weighted by Crippen LogP contribution is -2.49. The number of ketones is 1. The van der Waals surface area contributed by atoms with Gasteiger partial charge in [0.15, 0.2) is 5.78 Å². The van der Waals surface area contributed by atoms with Gasteiger partial charge in [0.1, 0.15) is 12.4 Å². The standard InChI is InChI=1S/C25H41NO3/c1-18(2)10-11-20(4)25(21(5)27,29-17-28-6)15-24-14-23(19(3)16-26-24)9-7-8-22-12-13-22/h14,16,18,20,22H,7-13,15,17H2,1-6H3. The molecule has 0 bridgehead atoms. The van der Waals surface area contributed by atoms with Gasteiger partial charge in [0.25, 0.3) is 0 Å². The fourth-order valence-corrected chi connectivity index (χ4v) is 4.16. The molecule has 1 aliphatic rings. The normalized spacial score (nSPS) is 17.3. The van der Waals surface area contributed by atoms with Crippen LogP contribution in [0.5, 0.6) is 0 Å². The van der Waals surface area contributed by atoms with Gasteiger partial charge in [-0.15, -0.1) is 0 Å². The van der Waals surface area contributed by atoms with Crippen molar-refractivity contribution >= 4 is 5.78 Å². The molecule has 1 fully saturated rings. The Bertz CT molecular complexity index is 653. The van der Waals surface area contributed by atoms with Crippen LogP contribution in [0.3, 0.4) is 0 Å². The van der Waals surface area contributed by atoms with Crippen molar-refractivity contribution in [1.29, 1.82) is 0 Å². The Morgan fingerprint density at radius 2 is 2.00 bits per heavy atom. The van der Waals surface area contributed by atoms with E-state index in [4.69, 9.17) is 9.47 Å². The van der Waals surface area contributed by atoms with E-state index in [0.717, 1.165) is 30.9 Å². The molecule has 0 saturated heterocycles. The number of carbonyl (C=O) groups excluding carboxylic acids is 1. The summed E-state index contributed by atoms with van der Waals surface area (Å²) in [6, 6.07) is 2.20. The molecule has 0 amide bonds. The van der Waals surface area contributed by atoms with Gasteiger partial charge in [-0.3, -0.25) is 9.78 Å². The number of nitrogens with zero attached hydrogens (tertiary/aromatic N) is 1. The van der Waals surface area contributed by atoms with Gasteiger partial charge in [0.05, 0.1) is 0 Å². The topological polar surface area (TPSA) is 48.4 Å². The number of hydrogen-bond donors (Lipinski definition) is 0. The van der Waals surface area contributed by atoms with E-state index >= 15 is 0 Å². The van der Waals surface area contributed by atoms with Crippen LogP contribution in [0.1, 0.15) is 83.0 Å². The Morgan fingerprint density at radius 1 is 1.28 bits per heavy atom. The SMILES string of the molecule is COCOC(Cc1cc(CCCC2CC2)c(C)cn1)(C(C)=O)C(C)CCC(C)C. The van der Waals surface area contributed by atoms with Crippen LogP contribution >= 0.6 is 0 Å². The molecule has 1 aromatic rings. The van der Waals surface area contributed by atoms with E-state index in [1.807, 2.05) is 6.20 Å². The molecule has 1 heterocycles. The molecule has 0 aromatic carbocycles. The third-order valence-corrected chi connectivity index (χ3v) is 6.47. The molecule has 1 aliphatic carbocycles. The molecule has 4 heteroatoms. The monoisotopic (exact) mass is 403 g/mol. The lowest BCUT2D eigenvalue weighted by molar-refractivity contribution is -0.173. The third-order valence-electron chi connectivity index (χ3n) is 6.47. The Labute approximate surface area is 177 Å². The Hall–Kier alpha value is -1.26. The Balaban J connectivity index is 2.19. The van der Waals surface area contributed by atoms with E-state index in [-0.39, 0.29) is 18.5 Å². The maximum absolute atomic E-state index is 12.9. The van der Waals surface area contributed by atoms with Crippen molar-refractivity contribution in [3.63, 3.8) is 0 Å². The van der Waals surface area contributed by atoms with Crippen molar-refractivity contribution in [2.45, 2.75) is 91.6 Å². The molecule has 0 aliphatic heterocycles. The number of hydrogen-bond acceptors (Lipinski definition) is 4. The highest BCUT2D eigenvalue weighted by Crippen LogP contribution is 2.35. The molecule has 164 valence electrons.